The average Bonchev–Trinajstić information content (AvgIpc) is 3.45. The standard InChI is InChI=1S/C22H25F3N4O3S.C4H6O4/c23-22(24,25)15-3-1-2-14(8-15)20(31)27-10-19(30)28-16-11-29(12-16)17-4-6-21(32,7-5-17)18-9-26-13-33-18;5-3(6)1-2-4(7)8/h1-3,8-9,13,16-17,32H,4-7,10-12H2,(H,27,31)(H,28,30);1-2H2,(H,5,6)(H,7,8). The molecular formula is C26H31F3N4O7S. The number of likely N-dealkylation sites (tertiary alicyclic amines) is 1. The number of nitrogens with zero attached hydrogens (tertiary/aromatic N) is 2. The number of carboxylic acids is 2. The van der Waals surface area contributed by atoms with Crippen LogP contribution in [0.5, 0.6) is 0 Å². The fourth-order valence-corrected chi connectivity index (χ4v) is 5.41. The lowest BCUT2D eigenvalue weighted by Gasteiger charge is -2.48. The van der Waals surface area contributed by atoms with E-state index in [9.17, 15) is 37.5 Å². The Balaban J connectivity index is 0.000000507. The first-order valence-electron chi connectivity index (χ1n) is 12.8. The number of nitrogens with one attached hydrogen (secondary N) is 2. The molecule has 1 saturated carbocycles. The van der Waals surface area contributed by atoms with E-state index in [1.54, 1.807) is 11.7 Å². The Hall–Kier alpha value is -3.56. The van der Waals surface area contributed by atoms with Crippen LogP contribution in [0.2, 0.25) is 0 Å². The molecule has 2 aromatic rings. The number of rotatable bonds is 9. The highest BCUT2D eigenvalue weighted by molar-refractivity contribution is 7.09. The second kappa shape index (κ2) is 13.9. The lowest BCUT2D eigenvalue weighted by Crippen LogP contribution is -2.63. The van der Waals surface area contributed by atoms with Gasteiger partial charge in [0.2, 0.25) is 5.91 Å². The first kappa shape index (κ1) is 32.0. The van der Waals surface area contributed by atoms with Gasteiger partial charge < -0.3 is 26.0 Å². The lowest BCUT2D eigenvalue weighted by molar-refractivity contribution is -0.143. The molecule has 0 radical (unpaired) electrons. The van der Waals surface area contributed by atoms with E-state index in [0.717, 1.165) is 35.9 Å². The Bertz CT molecular complexity index is 1200. The van der Waals surface area contributed by atoms with Crippen molar-refractivity contribution in [2.75, 3.05) is 19.6 Å². The van der Waals surface area contributed by atoms with Gasteiger partial charge in [-0.25, -0.2) is 0 Å². The van der Waals surface area contributed by atoms with E-state index < -0.39 is 35.2 Å². The molecule has 0 unspecified atom stereocenters. The quantitative estimate of drug-likeness (QED) is 0.290. The van der Waals surface area contributed by atoms with Crippen molar-refractivity contribution in [3.63, 3.8) is 0 Å². The van der Waals surface area contributed by atoms with Gasteiger partial charge in [-0.05, 0) is 43.9 Å². The molecular weight excluding hydrogens is 569 g/mol. The number of hydrogen-bond donors (Lipinski definition) is 5. The average molecular weight is 601 g/mol. The van der Waals surface area contributed by atoms with Crippen molar-refractivity contribution in [1.82, 2.24) is 20.5 Å². The Morgan fingerprint density at radius 2 is 1.71 bits per heavy atom. The number of aliphatic carboxylic acids is 2. The largest absolute Gasteiger partial charge is 0.481 e. The first-order valence-corrected chi connectivity index (χ1v) is 13.7. The van der Waals surface area contributed by atoms with Crippen molar-refractivity contribution in [1.29, 1.82) is 0 Å². The summed E-state index contributed by atoms with van der Waals surface area (Å²) >= 11 is 1.47. The Morgan fingerprint density at radius 1 is 1.07 bits per heavy atom. The third kappa shape index (κ3) is 9.50. The minimum atomic E-state index is -4.54. The molecule has 0 atom stereocenters. The molecule has 4 rings (SSSR count). The van der Waals surface area contributed by atoms with Crippen LogP contribution in [-0.2, 0) is 26.2 Å². The minimum Gasteiger partial charge on any atom is -0.481 e. The SMILES string of the molecule is O=C(CNC(=O)c1cccc(C(F)(F)F)c1)NC1CN(C2CCC(O)(c3cncs3)CC2)C1.O=C(O)CCC(=O)O. The van der Waals surface area contributed by atoms with Crippen LogP contribution in [0.3, 0.4) is 0 Å². The zero-order chi connectivity index (χ0) is 30.2. The number of aliphatic hydroxyl groups is 1. The number of thiazole rings is 1. The number of alkyl halides is 3. The van der Waals surface area contributed by atoms with Gasteiger partial charge >= 0.3 is 18.1 Å². The maximum Gasteiger partial charge on any atom is 0.416 e. The number of amides is 2. The fourth-order valence-electron chi connectivity index (χ4n) is 4.63. The summed E-state index contributed by atoms with van der Waals surface area (Å²) in [5, 5.41) is 31.8. The number of halogens is 3. The normalized spacial score (nSPS) is 21.1. The van der Waals surface area contributed by atoms with Crippen LogP contribution in [0, 0.1) is 0 Å². The molecule has 224 valence electrons. The molecule has 1 aliphatic heterocycles. The van der Waals surface area contributed by atoms with Gasteiger partial charge in [0, 0.05) is 30.9 Å². The number of carbonyl (C=O) groups is 4. The van der Waals surface area contributed by atoms with Crippen LogP contribution in [0.15, 0.2) is 36.0 Å². The van der Waals surface area contributed by atoms with Gasteiger partial charge in [0.1, 0.15) is 5.60 Å². The van der Waals surface area contributed by atoms with E-state index in [-0.39, 0.29) is 36.9 Å². The number of carbonyl (C=O) groups excluding carboxylic acids is 2. The third-order valence-electron chi connectivity index (χ3n) is 6.88. The molecule has 1 aliphatic carbocycles. The summed E-state index contributed by atoms with van der Waals surface area (Å²) in [4.78, 5) is 50.8. The van der Waals surface area contributed by atoms with E-state index >= 15 is 0 Å². The highest BCUT2D eigenvalue weighted by Crippen LogP contribution is 2.40. The summed E-state index contributed by atoms with van der Waals surface area (Å²) in [5.74, 6) is -3.27. The molecule has 2 amide bonds. The fraction of sp³-hybridized carbons (Fsp3) is 0.500. The molecule has 5 N–H and O–H groups in total. The van der Waals surface area contributed by atoms with E-state index in [1.165, 1.54) is 17.4 Å². The summed E-state index contributed by atoms with van der Waals surface area (Å²) < 4.78 is 38.4. The molecule has 41 heavy (non-hydrogen) atoms. The predicted molar refractivity (Wildman–Crippen MR) is 140 cm³/mol. The molecule has 1 aromatic heterocycles. The number of aromatic nitrogens is 1. The molecule has 11 nitrogen and oxygen atoms in total. The van der Waals surface area contributed by atoms with Crippen molar-refractivity contribution in [2.24, 2.45) is 0 Å². The van der Waals surface area contributed by atoms with Crippen molar-refractivity contribution in [3.05, 3.63) is 52.0 Å². The molecule has 1 aromatic carbocycles. The first-order chi connectivity index (χ1) is 19.3. The van der Waals surface area contributed by atoms with Crippen molar-refractivity contribution in [3.8, 4) is 0 Å². The number of benzene rings is 1. The highest BCUT2D eigenvalue weighted by atomic mass is 32.1. The lowest BCUT2D eigenvalue weighted by atomic mass is 9.80. The number of hydrogen-bond acceptors (Lipinski definition) is 8. The zero-order valence-corrected chi connectivity index (χ0v) is 22.7. The minimum absolute atomic E-state index is 0.0368. The van der Waals surface area contributed by atoms with E-state index in [4.69, 9.17) is 10.2 Å². The zero-order valence-electron chi connectivity index (χ0n) is 21.9. The monoisotopic (exact) mass is 600 g/mol. The second-order valence-electron chi connectivity index (χ2n) is 9.90. The third-order valence-corrected chi connectivity index (χ3v) is 7.85. The van der Waals surface area contributed by atoms with E-state index in [0.29, 0.717) is 32.0 Å². The van der Waals surface area contributed by atoms with Crippen molar-refractivity contribution in [2.45, 2.75) is 62.4 Å². The molecule has 1 saturated heterocycles. The maximum atomic E-state index is 12.8. The summed E-state index contributed by atoms with van der Waals surface area (Å²) in [7, 11) is 0. The van der Waals surface area contributed by atoms with E-state index in [1.807, 2.05) is 0 Å². The van der Waals surface area contributed by atoms with Gasteiger partial charge in [0.25, 0.3) is 5.91 Å². The second-order valence-corrected chi connectivity index (χ2v) is 10.8. The molecule has 0 bridgehead atoms. The molecule has 15 heteroatoms. The summed E-state index contributed by atoms with van der Waals surface area (Å²) in [6, 6.07) is 4.39. The van der Waals surface area contributed by atoms with Gasteiger partial charge in [-0.1, -0.05) is 6.07 Å². The van der Waals surface area contributed by atoms with Gasteiger partial charge in [-0.15, -0.1) is 11.3 Å². The molecule has 2 heterocycles. The Morgan fingerprint density at radius 3 is 2.24 bits per heavy atom. The number of carboxylic acid groups (broad SMARTS) is 2. The van der Waals surface area contributed by atoms with Crippen LogP contribution < -0.4 is 10.6 Å². The Kier molecular flexibility index (Phi) is 10.8. The summed E-state index contributed by atoms with van der Waals surface area (Å²) in [6.07, 6.45) is -0.327. The molecule has 2 aliphatic rings. The topological polar surface area (TPSA) is 169 Å². The van der Waals surface area contributed by atoms with Crippen molar-refractivity contribution >= 4 is 35.1 Å². The van der Waals surface area contributed by atoms with Crippen LogP contribution >= 0.6 is 11.3 Å². The summed E-state index contributed by atoms with van der Waals surface area (Å²) in [6.45, 7) is 1.07. The summed E-state index contributed by atoms with van der Waals surface area (Å²) in [5.41, 5.74) is -0.136. The van der Waals surface area contributed by atoms with Crippen LogP contribution in [0.4, 0.5) is 13.2 Å². The smallest absolute Gasteiger partial charge is 0.416 e. The predicted octanol–water partition coefficient (Wildman–Crippen LogP) is 2.46. The molecule has 2 fully saturated rings. The van der Waals surface area contributed by atoms with E-state index in [2.05, 4.69) is 20.5 Å². The molecule has 0 spiro atoms. The van der Waals surface area contributed by atoms with Crippen LogP contribution in [0.25, 0.3) is 0 Å². The maximum absolute atomic E-state index is 12.8. The van der Waals surface area contributed by atoms with Gasteiger partial charge in [-0.2, -0.15) is 13.2 Å². The van der Waals surface area contributed by atoms with Crippen LogP contribution in [-0.4, -0.2) is 80.7 Å². The highest BCUT2D eigenvalue weighted by Gasteiger charge is 2.41. The van der Waals surface area contributed by atoms with Gasteiger partial charge in [0.05, 0.1) is 41.4 Å². The van der Waals surface area contributed by atoms with Crippen molar-refractivity contribution < 1.29 is 47.7 Å². The Labute approximate surface area is 237 Å². The van der Waals surface area contributed by atoms with Gasteiger partial charge in [0.15, 0.2) is 0 Å². The van der Waals surface area contributed by atoms with Crippen LogP contribution in [0.1, 0.15) is 59.3 Å². The van der Waals surface area contributed by atoms with Gasteiger partial charge in [-0.3, -0.25) is 29.1 Å².